The molecule has 1 N–H and O–H groups in total. The zero-order valence-corrected chi connectivity index (χ0v) is 25.1. The zero-order chi connectivity index (χ0) is 29.7. The fraction of sp³-hybridized carbons (Fsp3) is 0.172. The molecule has 0 spiro atoms. The second-order valence-electron chi connectivity index (χ2n) is 9.92. The number of thioether (sulfide) groups is 1. The lowest BCUT2D eigenvalue weighted by molar-refractivity contribution is -0.384. The number of fused-ring (bicyclic) bond motifs is 2. The van der Waals surface area contributed by atoms with Gasteiger partial charge in [-0.25, -0.2) is 4.90 Å². The second kappa shape index (κ2) is 11.0. The largest absolute Gasteiger partial charge is 0.325 e. The summed E-state index contributed by atoms with van der Waals surface area (Å²) in [6.07, 6.45) is 0. The fourth-order valence-corrected chi connectivity index (χ4v) is 8.46. The van der Waals surface area contributed by atoms with Crippen LogP contribution in [0.4, 0.5) is 17.1 Å². The number of hydrogen-bond donors (Lipinski definition) is 1. The number of aryl methyl sites for hydroxylation is 1. The second-order valence-corrected chi connectivity index (χ2v) is 13.0. The Morgan fingerprint density at radius 2 is 1.74 bits per heavy atom. The van der Waals surface area contributed by atoms with Gasteiger partial charge in [-0.15, -0.1) is 0 Å². The molecule has 42 heavy (non-hydrogen) atoms. The highest BCUT2D eigenvalue weighted by molar-refractivity contribution is 9.10. The third-order valence-electron chi connectivity index (χ3n) is 7.21. The van der Waals surface area contributed by atoms with E-state index in [0.717, 1.165) is 43.6 Å². The molecule has 0 radical (unpaired) electrons. The molecule has 2 aliphatic heterocycles. The summed E-state index contributed by atoms with van der Waals surface area (Å²) in [5, 5.41) is 13.5. The Balaban J connectivity index is 1.40. The fourth-order valence-electron chi connectivity index (χ4n) is 5.27. The number of anilines is 2. The number of nitrogens with one attached hydrogen (secondary N) is 1. The first-order valence-corrected chi connectivity index (χ1v) is 15.3. The highest BCUT2D eigenvalue weighted by Gasteiger charge is 2.56. The van der Waals surface area contributed by atoms with Crippen molar-refractivity contribution in [3.8, 4) is 0 Å². The van der Waals surface area contributed by atoms with Gasteiger partial charge < -0.3 is 5.32 Å². The number of benzene rings is 3. The monoisotopic (exact) mass is 664 g/mol. The Morgan fingerprint density at radius 1 is 1.02 bits per heavy atom. The predicted octanol–water partition coefficient (Wildman–Crippen LogP) is 5.32. The number of carbonyl (C=O) groups is 3. The van der Waals surface area contributed by atoms with Crippen molar-refractivity contribution in [3.05, 3.63) is 113 Å². The van der Waals surface area contributed by atoms with Crippen molar-refractivity contribution in [2.45, 2.75) is 29.7 Å². The number of amides is 3. The van der Waals surface area contributed by atoms with E-state index < -0.39 is 39.7 Å². The smallest absolute Gasteiger partial charge is 0.308 e. The predicted molar refractivity (Wildman–Crippen MR) is 163 cm³/mol. The number of nitro groups is 1. The van der Waals surface area contributed by atoms with E-state index in [0.29, 0.717) is 15.6 Å². The summed E-state index contributed by atoms with van der Waals surface area (Å²) in [5.74, 6) is -2.78. The Hall–Kier alpha value is -4.07. The van der Waals surface area contributed by atoms with E-state index >= 15 is 0 Å². The number of thiazole rings is 1. The number of rotatable bonds is 6. The molecule has 3 heterocycles. The average molecular weight is 666 g/mol. The summed E-state index contributed by atoms with van der Waals surface area (Å²) in [6, 6.07) is 19.9. The van der Waals surface area contributed by atoms with Crippen molar-refractivity contribution in [2.75, 3.05) is 10.2 Å². The number of nitrogens with zero attached hydrogens (tertiary/aromatic N) is 3. The maximum atomic E-state index is 13.9. The molecule has 3 aromatic carbocycles. The zero-order valence-electron chi connectivity index (χ0n) is 21.9. The van der Waals surface area contributed by atoms with E-state index in [4.69, 9.17) is 0 Å². The van der Waals surface area contributed by atoms with Gasteiger partial charge >= 0.3 is 4.87 Å². The minimum atomic E-state index is -0.871. The van der Waals surface area contributed by atoms with E-state index in [1.54, 1.807) is 12.1 Å². The lowest BCUT2D eigenvalue weighted by Crippen LogP contribution is -2.33. The molecule has 212 valence electrons. The molecular weight excluding hydrogens is 644 g/mol. The maximum absolute atomic E-state index is 13.9. The van der Waals surface area contributed by atoms with Crippen LogP contribution in [0.25, 0.3) is 0 Å². The first-order chi connectivity index (χ1) is 20.1. The van der Waals surface area contributed by atoms with Crippen LogP contribution in [0.5, 0.6) is 0 Å². The van der Waals surface area contributed by atoms with Gasteiger partial charge in [-0.3, -0.25) is 33.9 Å². The van der Waals surface area contributed by atoms with Crippen LogP contribution in [0.15, 0.2) is 87.1 Å². The molecule has 3 atom stereocenters. The number of carbonyl (C=O) groups excluding carboxylic acids is 3. The first kappa shape index (κ1) is 28.1. The molecule has 1 aromatic heterocycles. The van der Waals surface area contributed by atoms with E-state index in [9.17, 15) is 29.3 Å². The molecule has 0 saturated carbocycles. The quantitative estimate of drug-likeness (QED) is 0.168. The van der Waals surface area contributed by atoms with Crippen molar-refractivity contribution in [3.63, 3.8) is 0 Å². The minimum absolute atomic E-state index is 0.160. The Kier molecular flexibility index (Phi) is 7.33. The first-order valence-electron chi connectivity index (χ1n) is 12.8. The van der Waals surface area contributed by atoms with Gasteiger partial charge in [-0.2, -0.15) is 0 Å². The van der Waals surface area contributed by atoms with Gasteiger partial charge in [0.25, 0.3) is 5.69 Å². The SMILES string of the molecule is Cc1ccc(NC(=O)Cn2c3c(sc2=O)[C@H](c2cccc(Br)c2)C2C(=O)N(c4ccc([N+](=O)[O-])cc4)C(=O)C2S3)cc1. The number of hydrogen-bond acceptors (Lipinski definition) is 8. The van der Waals surface area contributed by atoms with E-state index in [1.807, 2.05) is 43.3 Å². The molecule has 1 saturated heterocycles. The van der Waals surface area contributed by atoms with Gasteiger partial charge in [-0.05, 0) is 48.9 Å². The van der Waals surface area contributed by atoms with E-state index in [1.165, 1.54) is 28.8 Å². The van der Waals surface area contributed by atoms with Gasteiger partial charge in [-0.1, -0.05) is 68.9 Å². The average Bonchev–Trinajstić information content (AvgIpc) is 3.40. The molecular formula is C29H21BrN4O6S2. The van der Waals surface area contributed by atoms with Crippen molar-refractivity contribution < 1.29 is 19.3 Å². The highest BCUT2D eigenvalue weighted by atomic mass is 79.9. The number of halogens is 1. The lowest BCUT2D eigenvalue weighted by Gasteiger charge is -2.30. The molecule has 4 aromatic rings. The Bertz CT molecular complexity index is 1820. The Labute approximate surface area is 255 Å². The van der Waals surface area contributed by atoms with Crippen LogP contribution < -0.4 is 15.1 Å². The van der Waals surface area contributed by atoms with Gasteiger partial charge in [0.15, 0.2) is 0 Å². The molecule has 1 fully saturated rings. The topological polar surface area (TPSA) is 132 Å². The molecule has 2 aliphatic rings. The third kappa shape index (κ3) is 4.97. The van der Waals surface area contributed by atoms with Crippen molar-refractivity contribution in [1.29, 1.82) is 0 Å². The molecule has 10 nitrogen and oxygen atoms in total. The van der Waals surface area contributed by atoms with E-state index in [2.05, 4.69) is 21.2 Å². The molecule has 6 rings (SSSR count). The summed E-state index contributed by atoms with van der Waals surface area (Å²) in [5.41, 5.74) is 2.45. The third-order valence-corrected chi connectivity index (χ3v) is 10.3. The highest BCUT2D eigenvalue weighted by Crippen LogP contribution is 2.54. The van der Waals surface area contributed by atoms with Crippen LogP contribution in [0.1, 0.15) is 21.9 Å². The molecule has 0 bridgehead atoms. The van der Waals surface area contributed by atoms with Gasteiger partial charge in [0.2, 0.25) is 17.7 Å². The Morgan fingerprint density at radius 3 is 2.40 bits per heavy atom. The summed E-state index contributed by atoms with van der Waals surface area (Å²) >= 11 is 5.56. The summed E-state index contributed by atoms with van der Waals surface area (Å²) in [6.45, 7) is 1.68. The van der Waals surface area contributed by atoms with Crippen LogP contribution in [0.2, 0.25) is 0 Å². The number of imide groups is 1. The normalized spacial score (nSPS) is 19.4. The van der Waals surface area contributed by atoms with Crippen molar-refractivity contribution in [2.24, 2.45) is 5.92 Å². The summed E-state index contributed by atoms with van der Waals surface area (Å²) in [7, 11) is 0. The molecule has 3 amide bonds. The minimum Gasteiger partial charge on any atom is -0.325 e. The van der Waals surface area contributed by atoms with Crippen LogP contribution in [-0.2, 0) is 20.9 Å². The number of nitro benzene ring substituents is 1. The number of non-ortho nitro benzene ring substituents is 1. The molecule has 2 unspecified atom stereocenters. The maximum Gasteiger partial charge on any atom is 0.308 e. The lowest BCUT2D eigenvalue weighted by atomic mass is 9.83. The van der Waals surface area contributed by atoms with Crippen LogP contribution in [-0.4, -0.2) is 32.5 Å². The van der Waals surface area contributed by atoms with Crippen molar-refractivity contribution in [1.82, 2.24) is 4.57 Å². The van der Waals surface area contributed by atoms with Gasteiger partial charge in [0.05, 0.1) is 21.6 Å². The number of aromatic nitrogens is 1. The summed E-state index contributed by atoms with van der Waals surface area (Å²) in [4.78, 5) is 65.9. The molecule has 0 aliphatic carbocycles. The standard InChI is InChI=1S/C29H21BrN4O6S2/c1-15-5-7-18(8-6-15)31-21(35)14-32-28-25(42-29(32)38)22(16-3-2-4-17(30)13-16)23-24(41-28)27(37)33(26(23)36)19-9-11-20(12-10-19)34(39)40/h2-13,22-24H,14H2,1H3,(H,31,35)/t22-,23?,24?/m1/s1. The van der Waals surface area contributed by atoms with Crippen molar-refractivity contribution >= 4 is 73.8 Å². The van der Waals surface area contributed by atoms with Gasteiger partial charge in [0, 0.05) is 33.1 Å². The van der Waals surface area contributed by atoms with Crippen LogP contribution in [0, 0.1) is 23.0 Å². The van der Waals surface area contributed by atoms with Crippen LogP contribution in [0.3, 0.4) is 0 Å². The van der Waals surface area contributed by atoms with Crippen LogP contribution >= 0.6 is 39.0 Å². The molecule has 13 heteroatoms. The van der Waals surface area contributed by atoms with Gasteiger partial charge in [0.1, 0.15) is 11.8 Å². The summed E-state index contributed by atoms with van der Waals surface area (Å²) < 4.78 is 2.13. The van der Waals surface area contributed by atoms with E-state index in [-0.39, 0.29) is 22.8 Å².